The zero-order valence-corrected chi connectivity index (χ0v) is 13.7. The third-order valence-corrected chi connectivity index (χ3v) is 4.11. The number of furan rings is 1. The minimum Gasteiger partial charge on any atom is -0.478 e. The van der Waals surface area contributed by atoms with Gasteiger partial charge in [-0.3, -0.25) is 4.79 Å². The minimum absolute atomic E-state index is 0.154. The second-order valence-electron chi connectivity index (χ2n) is 5.93. The molecule has 24 heavy (non-hydrogen) atoms. The number of hydrogen-bond acceptors (Lipinski definition) is 5. The molecule has 126 valence electrons. The average molecular weight is 329 g/mol. The number of anilines is 1. The minimum atomic E-state index is -0.998. The van der Waals surface area contributed by atoms with E-state index >= 15 is 0 Å². The van der Waals surface area contributed by atoms with Crippen LogP contribution in [0.15, 0.2) is 28.9 Å². The summed E-state index contributed by atoms with van der Waals surface area (Å²) >= 11 is 0. The molecule has 0 aromatic carbocycles. The lowest BCUT2D eigenvalue weighted by atomic mass is 10.1. The van der Waals surface area contributed by atoms with Gasteiger partial charge in [0.1, 0.15) is 11.4 Å². The molecule has 0 radical (unpaired) electrons. The molecule has 0 spiro atoms. The number of carboxylic acid groups (broad SMARTS) is 1. The van der Waals surface area contributed by atoms with Crippen molar-refractivity contribution >= 4 is 17.7 Å². The average Bonchev–Trinajstić information content (AvgIpc) is 3.00. The largest absolute Gasteiger partial charge is 0.478 e. The molecule has 7 heteroatoms. The highest BCUT2D eigenvalue weighted by Gasteiger charge is 2.24. The molecule has 0 unspecified atom stereocenters. The molecule has 0 saturated heterocycles. The Labute approximate surface area is 139 Å². The summed E-state index contributed by atoms with van der Waals surface area (Å²) in [7, 11) is 3.54. The van der Waals surface area contributed by atoms with Gasteiger partial charge in [-0.25, -0.2) is 9.78 Å². The van der Waals surface area contributed by atoms with Gasteiger partial charge in [0.25, 0.3) is 5.91 Å². The van der Waals surface area contributed by atoms with Crippen molar-refractivity contribution in [2.24, 2.45) is 0 Å². The molecule has 1 amide bonds. The molecule has 0 aliphatic carbocycles. The fourth-order valence-corrected chi connectivity index (χ4v) is 2.88. The van der Waals surface area contributed by atoms with E-state index in [2.05, 4.69) is 4.98 Å². The Morgan fingerprint density at radius 2 is 2.04 bits per heavy atom. The van der Waals surface area contributed by atoms with E-state index in [1.165, 1.54) is 6.26 Å². The van der Waals surface area contributed by atoms with Crippen molar-refractivity contribution in [2.45, 2.75) is 12.8 Å². The molecule has 1 aliphatic heterocycles. The second-order valence-corrected chi connectivity index (χ2v) is 5.93. The van der Waals surface area contributed by atoms with Crippen LogP contribution in [0.5, 0.6) is 0 Å². The zero-order chi connectivity index (χ0) is 17.3. The molecule has 1 aliphatic rings. The summed E-state index contributed by atoms with van der Waals surface area (Å²) in [5.74, 6) is -0.401. The first kappa shape index (κ1) is 16.0. The molecule has 2 aromatic heterocycles. The maximum atomic E-state index is 12.4. The molecule has 0 fully saturated rings. The Morgan fingerprint density at radius 3 is 2.67 bits per heavy atom. The van der Waals surface area contributed by atoms with Crippen molar-refractivity contribution in [3.63, 3.8) is 0 Å². The number of aromatic carboxylic acids is 1. The third-order valence-electron chi connectivity index (χ3n) is 4.11. The number of carbonyl (C=O) groups excluding carboxylic acids is 1. The SMILES string of the molecule is CN(C)c1nc2c(cc1C(=O)O)CCN(C(=O)c1ccco1)CC2. The molecule has 1 N–H and O–H groups in total. The maximum absolute atomic E-state index is 12.4. The third kappa shape index (κ3) is 2.97. The zero-order valence-electron chi connectivity index (χ0n) is 13.7. The number of amides is 1. The first-order chi connectivity index (χ1) is 11.5. The molecule has 0 saturated carbocycles. The van der Waals surface area contributed by atoms with E-state index in [0.29, 0.717) is 37.5 Å². The standard InChI is InChI=1S/C17H19N3O4/c1-19(2)15-12(17(22)23)10-11-5-7-20(8-6-13(11)18-15)16(21)14-4-3-9-24-14/h3-4,9-10H,5-8H2,1-2H3,(H,22,23). The lowest BCUT2D eigenvalue weighted by Gasteiger charge is -2.18. The van der Waals surface area contributed by atoms with Crippen molar-refractivity contribution in [2.75, 3.05) is 32.1 Å². The quantitative estimate of drug-likeness (QED) is 0.922. The predicted molar refractivity (Wildman–Crippen MR) is 87.5 cm³/mol. The van der Waals surface area contributed by atoms with Gasteiger partial charge >= 0.3 is 5.97 Å². The van der Waals surface area contributed by atoms with Crippen LogP contribution in [0, 0.1) is 0 Å². The Kier molecular flexibility index (Phi) is 4.24. The second kappa shape index (κ2) is 6.35. The Balaban J connectivity index is 1.88. The summed E-state index contributed by atoms with van der Waals surface area (Å²) in [6, 6.07) is 5.01. The monoisotopic (exact) mass is 329 g/mol. The number of rotatable bonds is 3. The number of hydrogen-bond donors (Lipinski definition) is 1. The van der Waals surface area contributed by atoms with Gasteiger partial charge in [0.2, 0.25) is 0 Å². The van der Waals surface area contributed by atoms with Gasteiger partial charge in [-0.15, -0.1) is 0 Å². The first-order valence-corrected chi connectivity index (χ1v) is 7.73. The lowest BCUT2D eigenvalue weighted by Crippen LogP contribution is -2.33. The maximum Gasteiger partial charge on any atom is 0.339 e. The molecular formula is C17H19N3O4. The summed E-state index contributed by atoms with van der Waals surface area (Å²) in [6.07, 6.45) is 2.63. The van der Waals surface area contributed by atoms with Crippen LogP contribution in [-0.2, 0) is 12.8 Å². The van der Waals surface area contributed by atoms with E-state index in [0.717, 1.165) is 11.3 Å². The van der Waals surface area contributed by atoms with Crippen LogP contribution in [0.3, 0.4) is 0 Å². The number of pyridine rings is 1. The highest BCUT2D eigenvalue weighted by molar-refractivity contribution is 5.94. The summed E-state index contributed by atoms with van der Waals surface area (Å²) in [5.41, 5.74) is 1.91. The van der Waals surface area contributed by atoms with Gasteiger partial charge in [-0.05, 0) is 30.2 Å². The summed E-state index contributed by atoms with van der Waals surface area (Å²) in [6.45, 7) is 1.04. The fourth-order valence-electron chi connectivity index (χ4n) is 2.88. The number of fused-ring (bicyclic) bond motifs is 1. The summed E-state index contributed by atoms with van der Waals surface area (Å²) in [5, 5.41) is 9.41. The molecule has 0 bridgehead atoms. The van der Waals surface area contributed by atoms with Crippen LogP contribution >= 0.6 is 0 Å². The van der Waals surface area contributed by atoms with Crippen LogP contribution < -0.4 is 4.90 Å². The van der Waals surface area contributed by atoms with E-state index in [4.69, 9.17) is 4.42 Å². The smallest absolute Gasteiger partial charge is 0.339 e. The highest BCUT2D eigenvalue weighted by Crippen LogP contribution is 2.24. The predicted octanol–water partition coefficient (Wildman–Crippen LogP) is 1.68. The van der Waals surface area contributed by atoms with Crippen molar-refractivity contribution < 1.29 is 19.1 Å². The van der Waals surface area contributed by atoms with Crippen LogP contribution in [0.4, 0.5) is 5.82 Å². The summed E-state index contributed by atoms with van der Waals surface area (Å²) in [4.78, 5) is 31.9. The first-order valence-electron chi connectivity index (χ1n) is 7.73. The number of aromatic nitrogens is 1. The molecule has 2 aromatic rings. The Morgan fingerprint density at radius 1 is 1.29 bits per heavy atom. The van der Waals surface area contributed by atoms with Gasteiger partial charge in [0, 0.05) is 39.3 Å². The van der Waals surface area contributed by atoms with Crippen molar-refractivity contribution in [1.82, 2.24) is 9.88 Å². The number of carboxylic acids is 1. The molecule has 7 nitrogen and oxygen atoms in total. The molecule has 3 rings (SSSR count). The van der Waals surface area contributed by atoms with Gasteiger partial charge < -0.3 is 19.3 Å². The van der Waals surface area contributed by atoms with E-state index < -0.39 is 5.97 Å². The van der Waals surface area contributed by atoms with Gasteiger partial charge in [-0.2, -0.15) is 0 Å². The van der Waals surface area contributed by atoms with Crippen LogP contribution in [0.2, 0.25) is 0 Å². The van der Waals surface area contributed by atoms with Crippen molar-refractivity contribution in [1.29, 1.82) is 0 Å². The van der Waals surface area contributed by atoms with E-state index in [-0.39, 0.29) is 11.5 Å². The van der Waals surface area contributed by atoms with Gasteiger partial charge in [0.05, 0.1) is 6.26 Å². The van der Waals surface area contributed by atoms with Gasteiger partial charge in [0.15, 0.2) is 5.76 Å². The molecule has 0 atom stereocenters. The van der Waals surface area contributed by atoms with Crippen LogP contribution in [-0.4, -0.2) is 54.1 Å². The van der Waals surface area contributed by atoms with Crippen LogP contribution in [0.25, 0.3) is 0 Å². The topological polar surface area (TPSA) is 86.9 Å². The summed E-state index contributed by atoms with van der Waals surface area (Å²) < 4.78 is 5.18. The number of carbonyl (C=O) groups is 2. The van der Waals surface area contributed by atoms with Crippen molar-refractivity contribution in [3.05, 3.63) is 47.0 Å². The van der Waals surface area contributed by atoms with Crippen LogP contribution in [0.1, 0.15) is 32.2 Å². The van der Waals surface area contributed by atoms with E-state index in [9.17, 15) is 14.7 Å². The van der Waals surface area contributed by atoms with E-state index in [1.54, 1.807) is 42.1 Å². The van der Waals surface area contributed by atoms with E-state index in [1.807, 2.05) is 0 Å². The molecular weight excluding hydrogens is 310 g/mol. The fraction of sp³-hybridized carbons (Fsp3) is 0.353. The lowest BCUT2D eigenvalue weighted by molar-refractivity contribution is 0.0694. The highest BCUT2D eigenvalue weighted by atomic mass is 16.4. The van der Waals surface area contributed by atoms with Crippen molar-refractivity contribution in [3.8, 4) is 0 Å². The number of nitrogens with zero attached hydrogens (tertiary/aromatic N) is 3. The Bertz CT molecular complexity index is 768. The Hall–Kier alpha value is -2.83. The van der Waals surface area contributed by atoms with Gasteiger partial charge in [-0.1, -0.05) is 0 Å². The normalized spacial score (nSPS) is 14.0. The molecule has 3 heterocycles.